The second-order valence-electron chi connectivity index (χ2n) is 7.10. The summed E-state index contributed by atoms with van der Waals surface area (Å²) in [5.74, 6) is 1.65. The summed E-state index contributed by atoms with van der Waals surface area (Å²) in [6.07, 6.45) is 9.45. The van der Waals surface area contributed by atoms with Gasteiger partial charge >= 0.3 is 0 Å². The van der Waals surface area contributed by atoms with Gasteiger partial charge in [0.25, 0.3) is 0 Å². The van der Waals surface area contributed by atoms with Gasteiger partial charge in [-0.05, 0) is 67.8 Å². The molecule has 5 heteroatoms. The molecule has 0 unspecified atom stereocenters. The van der Waals surface area contributed by atoms with Crippen LogP contribution < -0.4 is 5.32 Å². The third kappa shape index (κ3) is 4.49. The lowest BCUT2D eigenvalue weighted by Gasteiger charge is -2.36. The lowest BCUT2D eigenvalue weighted by atomic mass is 9.96. The van der Waals surface area contributed by atoms with E-state index in [0.29, 0.717) is 6.04 Å². The molecule has 4 rings (SSSR count). The van der Waals surface area contributed by atoms with Gasteiger partial charge in [0, 0.05) is 36.9 Å². The maximum absolute atomic E-state index is 4.63. The summed E-state index contributed by atoms with van der Waals surface area (Å²) in [5, 5.41) is 3.28. The van der Waals surface area contributed by atoms with Crippen LogP contribution in [0.4, 0.5) is 11.6 Å². The largest absolute Gasteiger partial charge is 0.325 e. The molecule has 1 fully saturated rings. The van der Waals surface area contributed by atoms with E-state index in [9.17, 15) is 0 Å². The van der Waals surface area contributed by atoms with Gasteiger partial charge in [0.15, 0.2) is 0 Å². The molecule has 138 valence electrons. The Hall–Kier alpha value is -2.79. The molecule has 0 saturated carbocycles. The molecular formula is C22H25N5. The molecule has 0 aliphatic carbocycles. The normalized spacial score (nSPS) is 17.6. The molecule has 27 heavy (non-hydrogen) atoms. The number of rotatable bonds is 5. The standard InChI is InChI=1S/C22H25N5/c1-17-5-4-7-22(25-17)26-21-9-8-19(15-24-21)20-6-2-3-14-27(20)16-18-10-12-23-13-11-18/h4-5,7-13,15,20H,2-3,6,14,16H2,1H3,(H,24,25,26)/t20-/m0/s1. The summed E-state index contributed by atoms with van der Waals surface area (Å²) in [6.45, 7) is 4.07. The molecule has 4 heterocycles. The minimum atomic E-state index is 0.422. The van der Waals surface area contributed by atoms with E-state index < -0.39 is 0 Å². The van der Waals surface area contributed by atoms with Crippen molar-refractivity contribution in [2.45, 2.75) is 38.8 Å². The van der Waals surface area contributed by atoms with E-state index in [1.54, 1.807) is 0 Å². The van der Waals surface area contributed by atoms with Gasteiger partial charge in [-0.25, -0.2) is 9.97 Å². The second kappa shape index (κ2) is 8.27. The summed E-state index contributed by atoms with van der Waals surface area (Å²) >= 11 is 0. The summed E-state index contributed by atoms with van der Waals surface area (Å²) < 4.78 is 0. The van der Waals surface area contributed by atoms with Crippen LogP contribution in [0.1, 0.15) is 42.1 Å². The number of hydrogen-bond acceptors (Lipinski definition) is 5. The molecule has 0 amide bonds. The molecule has 1 N–H and O–H groups in total. The van der Waals surface area contributed by atoms with E-state index in [-0.39, 0.29) is 0 Å². The first-order valence-corrected chi connectivity index (χ1v) is 9.57. The number of aromatic nitrogens is 3. The van der Waals surface area contributed by atoms with Crippen LogP contribution in [-0.2, 0) is 6.54 Å². The quantitative estimate of drug-likeness (QED) is 0.718. The van der Waals surface area contributed by atoms with Crippen molar-refractivity contribution in [2.24, 2.45) is 0 Å². The molecule has 1 saturated heterocycles. The fourth-order valence-electron chi connectivity index (χ4n) is 3.70. The molecule has 1 atom stereocenters. The zero-order chi connectivity index (χ0) is 18.5. The van der Waals surface area contributed by atoms with Crippen LogP contribution in [0.3, 0.4) is 0 Å². The van der Waals surface area contributed by atoms with Crippen molar-refractivity contribution in [3.8, 4) is 0 Å². The Morgan fingerprint density at radius 2 is 1.93 bits per heavy atom. The maximum Gasteiger partial charge on any atom is 0.131 e. The molecule has 0 bridgehead atoms. The molecule has 0 radical (unpaired) electrons. The molecule has 3 aromatic rings. The summed E-state index contributed by atoms with van der Waals surface area (Å²) in [6, 6.07) is 14.8. The summed E-state index contributed by atoms with van der Waals surface area (Å²) in [4.78, 5) is 15.8. The summed E-state index contributed by atoms with van der Waals surface area (Å²) in [7, 11) is 0. The third-order valence-electron chi connectivity index (χ3n) is 5.06. The van der Waals surface area contributed by atoms with Crippen molar-refractivity contribution in [1.29, 1.82) is 0 Å². The van der Waals surface area contributed by atoms with Crippen LogP contribution >= 0.6 is 0 Å². The average Bonchev–Trinajstić information content (AvgIpc) is 2.70. The lowest BCUT2D eigenvalue weighted by molar-refractivity contribution is 0.140. The lowest BCUT2D eigenvalue weighted by Crippen LogP contribution is -2.33. The first-order valence-electron chi connectivity index (χ1n) is 9.57. The van der Waals surface area contributed by atoms with Gasteiger partial charge in [0.05, 0.1) is 0 Å². The number of hydrogen-bond donors (Lipinski definition) is 1. The van der Waals surface area contributed by atoms with E-state index in [0.717, 1.165) is 30.4 Å². The van der Waals surface area contributed by atoms with E-state index in [4.69, 9.17) is 0 Å². The van der Waals surface area contributed by atoms with Gasteiger partial charge in [0.2, 0.25) is 0 Å². The highest BCUT2D eigenvalue weighted by molar-refractivity contribution is 5.51. The average molecular weight is 359 g/mol. The van der Waals surface area contributed by atoms with Gasteiger partial charge < -0.3 is 5.32 Å². The van der Waals surface area contributed by atoms with Crippen LogP contribution in [0.5, 0.6) is 0 Å². The smallest absolute Gasteiger partial charge is 0.131 e. The van der Waals surface area contributed by atoms with Crippen molar-refractivity contribution >= 4 is 11.6 Å². The van der Waals surface area contributed by atoms with Crippen LogP contribution in [0.2, 0.25) is 0 Å². The monoisotopic (exact) mass is 359 g/mol. The SMILES string of the molecule is Cc1cccc(Nc2ccc([C@@H]3CCCCN3Cc3ccncc3)cn2)n1. The van der Waals surface area contributed by atoms with Gasteiger partial charge in [-0.2, -0.15) is 0 Å². The van der Waals surface area contributed by atoms with Gasteiger partial charge in [-0.1, -0.05) is 18.6 Å². The van der Waals surface area contributed by atoms with Gasteiger partial charge in [0.1, 0.15) is 11.6 Å². The van der Waals surface area contributed by atoms with Crippen LogP contribution in [0.15, 0.2) is 61.1 Å². The highest BCUT2D eigenvalue weighted by Crippen LogP contribution is 2.32. The first kappa shape index (κ1) is 17.6. The molecule has 0 spiro atoms. The highest BCUT2D eigenvalue weighted by atomic mass is 15.2. The minimum absolute atomic E-state index is 0.422. The predicted molar refractivity (Wildman–Crippen MR) is 108 cm³/mol. The number of likely N-dealkylation sites (tertiary alicyclic amines) is 1. The Morgan fingerprint density at radius 3 is 2.70 bits per heavy atom. The molecule has 5 nitrogen and oxygen atoms in total. The van der Waals surface area contributed by atoms with Crippen LogP contribution in [-0.4, -0.2) is 26.4 Å². The predicted octanol–water partition coefficient (Wildman–Crippen LogP) is 4.65. The van der Waals surface area contributed by atoms with Crippen molar-refractivity contribution in [3.63, 3.8) is 0 Å². The molecule has 0 aromatic carbocycles. The first-order chi connectivity index (χ1) is 13.3. The summed E-state index contributed by atoms with van der Waals surface area (Å²) in [5.41, 5.74) is 3.59. The number of aryl methyl sites for hydroxylation is 1. The Bertz CT molecular complexity index is 863. The minimum Gasteiger partial charge on any atom is -0.325 e. The Balaban J connectivity index is 1.47. The number of pyridine rings is 3. The molecule has 1 aliphatic rings. The molecular weight excluding hydrogens is 334 g/mol. The molecule has 1 aliphatic heterocycles. The van der Waals surface area contributed by atoms with Crippen LogP contribution in [0, 0.1) is 6.92 Å². The second-order valence-corrected chi connectivity index (χ2v) is 7.10. The van der Waals surface area contributed by atoms with Gasteiger partial charge in [-0.15, -0.1) is 0 Å². The Morgan fingerprint density at radius 1 is 1.04 bits per heavy atom. The van der Waals surface area contributed by atoms with E-state index in [2.05, 4.69) is 49.4 Å². The van der Waals surface area contributed by atoms with Crippen molar-refractivity contribution in [1.82, 2.24) is 19.9 Å². The fraction of sp³-hybridized carbons (Fsp3) is 0.318. The van der Waals surface area contributed by atoms with E-state index >= 15 is 0 Å². The highest BCUT2D eigenvalue weighted by Gasteiger charge is 2.24. The number of nitrogens with zero attached hydrogens (tertiary/aromatic N) is 4. The number of nitrogens with one attached hydrogen (secondary N) is 1. The third-order valence-corrected chi connectivity index (χ3v) is 5.06. The topological polar surface area (TPSA) is 53.9 Å². The van der Waals surface area contributed by atoms with Crippen molar-refractivity contribution < 1.29 is 0 Å². The van der Waals surface area contributed by atoms with E-state index in [1.165, 1.54) is 30.4 Å². The maximum atomic E-state index is 4.63. The Labute approximate surface area is 160 Å². The zero-order valence-electron chi connectivity index (χ0n) is 15.7. The number of piperidine rings is 1. The van der Waals surface area contributed by atoms with E-state index in [1.807, 2.05) is 43.7 Å². The van der Waals surface area contributed by atoms with Crippen molar-refractivity contribution in [2.75, 3.05) is 11.9 Å². The van der Waals surface area contributed by atoms with Crippen LogP contribution in [0.25, 0.3) is 0 Å². The Kier molecular flexibility index (Phi) is 5.39. The van der Waals surface area contributed by atoms with Gasteiger partial charge in [-0.3, -0.25) is 9.88 Å². The zero-order valence-corrected chi connectivity index (χ0v) is 15.7. The number of anilines is 2. The fourth-order valence-corrected chi connectivity index (χ4v) is 3.70. The molecule has 3 aromatic heterocycles. The van der Waals surface area contributed by atoms with Crippen molar-refractivity contribution in [3.05, 3.63) is 77.9 Å².